The Morgan fingerprint density at radius 3 is 2.26 bits per heavy atom. The van der Waals surface area contributed by atoms with Crippen LogP contribution in [0.2, 0.25) is 0 Å². The van der Waals surface area contributed by atoms with Gasteiger partial charge in [-0.15, -0.1) is 0 Å². The molecule has 9 aliphatic carbocycles. The predicted molar refractivity (Wildman–Crippen MR) is 275 cm³/mol. The second-order valence-corrected chi connectivity index (χ2v) is 25.1. The number of benzene rings is 5. The Bertz CT molecular complexity index is 4520. The Kier molecular flexibility index (Phi) is 5.20. The summed E-state index contributed by atoms with van der Waals surface area (Å²) in [5.41, 5.74) is 22.4. The predicted octanol–water partition coefficient (Wildman–Crippen LogP) is 13.0. The molecule has 334 valence electrons. The van der Waals surface area contributed by atoms with E-state index in [0.717, 1.165) is 45.8 Å². The molecule has 3 aliphatic heterocycles. The zero-order valence-corrected chi connectivity index (χ0v) is 38.6. The topological polar surface area (TPSA) is 59.2 Å². The van der Waals surface area contributed by atoms with Crippen LogP contribution in [0.25, 0.3) is 94.3 Å². The highest BCUT2D eigenvalue weighted by Gasteiger charge is 2.75. The highest BCUT2D eigenvalue weighted by molar-refractivity contribution is 6.27. The first-order valence-corrected chi connectivity index (χ1v) is 27.0. The minimum atomic E-state index is 0.177. The Morgan fingerprint density at radius 1 is 0.600 bits per heavy atom. The fraction of sp³-hybridized carbons (Fsp3) is 0.344. The van der Waals surface area contributed by atoms with E-state index in [1.165, 1.54) is 145 Å². The van der Waals surface area contributed by atoms with E-state index in [2.05, 4.69) is 119 Å². The van der Waals surface area contributed by atoms with Crippen LogP contribution in [0.4, 0.5) is 5.69 Å². The van der Waals surface area contributed by atoms with Crippen LogP contribution in [0.5, 0.6) is 0 Å². The van der Waals surface area contributed by atoms with Gasteiger partial charge in [0.2, 0.25) is 0 Å². The van der Waals surface area contributed by atoms with Crippen molar-refractivity contribution in [2.45, 2.75) is 87.1 Å². The lowest BCUT2D eigenvalue weighted by Gasteiger charge is -2.68. The van der Waals surface area contributed by atoms with E-state index in [-0.39, 0.29) is 18.0 Å². The van der Waals surface area contributed by atoms with Crippen molar-refractivity contribution < 1.29 is 8.83 Å². The van der Waals surface area contributed by atoms with Crippen molar-refractivity contribution in [3.63, 3.8) is 0 Å². The molecule has 8 heterocycles. The van der Waals surface area contributed by atoms with E-state index in [0.29, 0.717) is 40.4 Å². The Morgan fingerprint density at radius 2 is 1.36 bits per heavy atom. The maximum absolute atomic E-state index is 6.70. The third-order valence-electron chi connectivity index (χ3n) is 23.5. The minimum absolute atomic E-state index is 0.177. The number of aromatic nitrogens is 2. The number of pyridine rings is 1. The molecule has 0 radical (unpaired) electrons. The third-order valence-corrected chi connectivity index (χ3v) is 23.5. The number of aliphatic imine (C=N–C) groups is 1. The van der Waals surface area contributed by atoms with Gasteiger partial charge in [-0.3, -0.25) is 9.98 Å². The quantitative estimate of drug-likeness (QED) is 0.165. The molecule has 14 atom stereocenters. The van der Waals surface area contributed by atoms with Gasteiger partial charge in [0.25, 0.3) is 0 Å². The van der Waals surface area contributed by atoms with Crippen molar-refractivity contribution in [1.29, 1.82) is 0 Å². The lowest BCUT2D eigenvalue weighted by atomic mass is 9.37. The van der Waals surface area contributed by atoms with Gasteiger partial charge in [-0.1, -0.05) is 42.5 Å². The molecule has 12 aliphatic rings. The molecule has 70 heavy (non-hydrogen) atoms. The number of para-hydroxylation sites is 2. The fourth-order valence-electron chi connectivity index (χ4n) is 21.1. The largest absolute Gasteiger partial charge is 0.456 e. The van der Waals surface area contributed by atoms with Crippen molar-refractivity contribution in [2.75, 3.05) is 4.90 Å². The number of hydrogen-bond acceptors (Lipinski definition) is 5. The van der Waals surface area contributed by atoms with Gasteiger partial charge in [0.1, 0.15) is 22.2 Å². The van der Waals surface area contributed by atoms with Crippen LogP contribution in [-0.2, 0) is 0 Å². The molecule has 14 unspecified atom stereocenters. The third kappa shape index (κ3) is 3.32. The van der Waals surface area contributed by atoms with Gasteiger partial charge in [0, 0.05) is 96.0 Å². The zero-order valence-electron chi connectivity index (χ0n) is 38.6. The molecule has 6 fully saturated rings. The lowest BCUT2D eigenvalue weighted by Crippen LogP contribution is -2.61. The van der Waals surface area contributed by atoms with Crippen molar-refractivity contribution in [1.82, 2.24) is 9.38 Å². The Hall–Kier alpha value is -6.66. The van der Waals surface area contributed by atoms with E-state index in [1.807, 2.05) is 0 Å². The van der Waals surface area contributed by atoms with Crippen LogP contribution in [0.1, 0.15) is 97.4 Å². The van der Waals surface area contributed by atoms with E-state index in [1.54, 1.807) is 16.7 Å². The number of fused-ring (bicyclic) bond motifs is 27. The second kappa shape index (κ2) is 10.5. The summed E-state index contributed by atoms with van der Waals surface area (Å²) in [6, 6.07) is 33.0. The van der Waals surface area contributed by atoms with Crippen LogP contribution in [0.3, 0.4) is 0 Å². The van der Waals surface area contributed by atoms with Crippen LogP contribution in [-0.4, -0.2) is 27.7 Å². The summed E-state index contributed by atoms with van der Waals surface area (Å²) in [5.74, 6) is 6.81. The van der Waals surface area contributed by atoms with Crippen molar-refractivity contribution >= 4 is 95.1 Å². The number of hydrogen-bond donors (Lipinski definition) is 0. The minimum Gasteiger partial charge on any atom is -0.456 e. The molecule has 4 bridgehead atoms. The molecule has 6 heteroatoms. The van der Waals surface area contributed by atoms with Gasteiger partial charge in [0.05, 0.1) is 34.8 Å². The van der Waals surface area contributed by atoms with E-state index < -0.39 is 0 Å². The second-order valence-electron chi connectivity index (χ2n) is 25.1. The van der Waals surface area contributed by atoms with Gasteiger partial charge < -0.3 is 18.1 Å². The number of rotatable bonds is 1. The van der Waals surface area contributed by atoms with Gasteiger partial charge in [-0.25, -0.2) is 0 Å². The number of nitrogens with zero attached hydrogens (tertiary/aromatic N) is 4. The standard InChI is InChI=1S/C64H46N4O2/c1-3-7-51-35(5-1)39-19-37-41-11-27(13-43-57-49(67(61(41)43)47(37)21-53(39)69-51)25-65-59-45-17-33-15-31-9-29(55(57)59)23-63(31,33)45)28-12-42-38-20-40-36-6-2-4-8-52(36)70-54(40)22-48(38)68-50-26-66-60-46-18-34-16-32-10-30(24-64(32,34)46)56(60)58(50)44(14-28)62(42)68/h1-8,11-14,19-22,25-26,29-34,37,45-47,49,57H,9-10,15-18,23-24H2. The average molecular weight is 903 g/mol. The van der Waals surface area contributed by atoms with Gasteiger partial charge >= 0.3 is 0 Å². The molecule has 0 N–H and O–H groups in total. The van der Waals surface area contributed by atoms with Crippen LogP contribution in [0.15, 0.2) is 116 Å². The molecule has 5 aromatic heterocycles. The van der Waals surface area contributed by atoms with E-state index >= 15 is 0 Å². The molecule has 0 saturated heterocycles. The van der Waals surface area contributed by atoms with Gasteiger partial charge in [-0.05, 0) is 180 Å². The van der Waals surface area contributed by atoms with Gasteiger partial charge in [0.15, 0.2) is 0 Å². The van der Waals surface area contributed by atoms with Crippen LogP contribution >= 0.6 is 0 Å². The SMILES string of the molecule is C1=NC2=C(C3CC4CC5CC2C45C3)C2c3cc(-c4cc5c6cc7c(cc6n6c8cnc9c(c8c(c4)c56)C4CC5CC6CC9C56C4)oc4ccccc47)cc4c3N(C3C=c5oc6ccccc6c5=CC43)C12. The van der Waals surface area contributed by atoms with Crippen LogP contribution < -0.4 is 15.5 Å². The average Bonchev–Trinajstić information content (AvgIpc) is 4.30. The van der Waals surface area contributed by atoms with E-state index in [4.69, 9.17) is 18.8 Å². The molecule has 6 saturated carbocycles. The summed E-state index contributed by atoms with van der Waals surface area (Å²) >= 11 is 0. The first-order chi connectivity index (χ1) is 34.6. The first-order valence-electron chi connectivity index (χ1n) is 27.0. The molecule has 2 spiro atoms. The summed E-state index contributed by atoms with van der Waals surface area (Å²) < 4.78 is 15.9. The van der Waals surface area contributed by atoms with Crippen molar-refractivity contribution in [3.8, 4) is 11.1 Å². The molecular weight excluding hydrogens is 857 g/mol. The Balaban J connectivity index is 0.841. The Labute approximate surface area is 401 Å². The van der Waals surface area contributed by atoms with Crippen molar-refractivity contribution in [2.24, 2.45) is 51.3 Å². The summed E-state index contributed by atoms with van der Waals surface area (Å²) in [4.78, 5) is 14.0. The molecule has 22 rings (SSSR count). The van der Waals surface area contributed by atoms with Crippen LogP contribution in [0, 0.1) is 46.3 Å². The molecule has 0 amide bonds. The lowest BCUT2D eigenvalue weighted by molar-refractivity contribution is -0.168. The van der Waals surface area contributed by atoms with E-state index in [9.17, 15) is 0 Å². The summed E-state index contributed by atoms with van der Waals surface area (Å²) in [5, 5.41) is 10.4. The smallest absolute Gasteiger partial charge is 0.137 e. The summed E-state index contributed by atoms with van der Waals surface area (Å²) in [7, 11) is 0. The maximum Gasteiger partial charge on any atom is 0.137 e. The highest BCUT2D eigenvalue weighted by atomic mass is 16.3. The zero-order chi connectivity index (χ0) is 44.2. The monoisotopic (exact) mass is 902 g/mol. The number of furan rings is 2. The fourth-order valence-corrected chi connectivity index (χ4v) is 21.1. The molecular formula is C64H46N4O2. The molecule has 10 aromatic rings. The maximum atomic E-state index is 6.70. The summed E-state index contributed by atoms with van der Waals surface area (Å²) in [6.45, 7) is 0. The molecule has 5 aromatic carbocycles. The number of anilines is 1. The van der Waals surface area contributed by atoms with Crippen molar-refractivity contribution in [3.05, 3.63) is 135 Å². The number of allylic oxidation sites excluding steroid dienone is 1. The van der Waals surface area contributed by atoms with Gasteiger partial charge in [-0.2, -0.15) is 0 Å². The highest BCUT2D eigenvalue weighted by Crippen LogP contribution is 2.83. The normalized spacial score (nSPS) is 37.2. The molecule has 6 nitrogen and oxygen atoms in total. The summed E-state index contributed by atoms with van der Waals surface area (Å²) in [6.07, 6.45) is 20.9. The first kappa shape index (κ1) is 34.6.